The molecule has 0 bridgehead atoms. The standard InChI is InChI=1S/C10H11BrN4O2S/c1-2-8-13-6-9(14-8)18(16,17)15-10-7(11)4-3-5-12-10/h3-6H,2H2,1H3,(H,12,15)(H,13,14). The first-order valence-electron chi connectivity index (χ1n) is 5.20. The lowest BCUT2D eigenvalue weighted by atomic mass is 10.5. The highest BCUT2D eigenvalue weighted by atomic mass is 79.9. The number of aryl methyl sites for hydroxylation is 1. The molecule has 8 heteroatoms. The predicted molar refractivity (Wildman–Crippen MR) is 70.7 cm³/mol. The zero-order valence-corrected chi connectivity index (χ0v) is 11.9. The van der Waals surface area contributed by atoms with Crippen LogP contribution in [0, 0.1) is 0 Å². The van der Waals surface area contributed by atoms with E-state index in [1.807, 2.05) is 6.92 Å². The summed E-state index contributed by atoms with van der Waals surface area (Å²) in [6.45, 7) is 1.89. The van der Waals surface area contributed by atoms with Crippen molar-refractivity contribution in [3.8, 4) is 0 Å². The minimum Gasteiger partial charge on any atom is -0.332 e. The molecule has 6 nitrogen and oxygen atoms in total. The van der Waals surface area contributed by atoms with Crippen molar-refractivity contribution in [2.75, 3.05) is 4.72 Å². The lowest BCUT2D eigenvalue weighted by Gasteiger charge is -2.06. The molecular formula is C10H11BrN4O2S. The van der Waals surface area contributed by atoms with Gasteiger partial charge >= 0.3 is 0 Å². The monoisotopic (exact) mass is 330 g/mol. The van der Waals surface area contributed by atoms with Crippen LogP contribution >= 0.6 is 15.9 Å². The number of nitrogens with one attached hydrogen (secondary N) is 2. The van der Waals surface area contributed by atoms with Crippen LogP contribution in [0.25, 0.3) is 0 Å². The molecule has 0 unspecified atom stereocenters. The summed E-state index contributed by atoms with van der Waals surface area (Å²) in [6, 6.07) is 3.41. The van der Waals surface area contributed by atoms with Crippen molar-refractivity contribution in [1.82, 2.24) is 15.0 Å². The quantitative estimate of drug-likeness (QED) is 0.896. The molecule has 2 rings (SSSR count). The van der Waals surface area contributed by atoms with Crippen LogP contribution in [0.15, 0.2) is 34.0 Å². The summed E-state index contributed by atoms with van der Waals surface area (Å²) in [5, 5.41) is 0.0249. The van der Waals surface area contributed by atoms with Crippen molar-refractivity contribution in [3.63, 3.8) is 0 Å². The van der Waals surface area contributed by atoms with Gasteiger partial charge in [-0.15, -0.1) is 0 Å². The average molecular weight is 331 g/mol. The minimum atomic E-state index is -3.69. The number of aromatic amines is 1. The fourth-order valence-corrected chi connectivity index (χ4v) is 2.76. The fraction of sp³-hybridized carbons (Fsp3) is 0.200. The summed E-state index contributed by atoms with van der Waals surface area (Å²) in [4.78, 5) is 10.6. The lowest BCUT2D eigenvalue weighted by Crippen LogP contribution is -2.14. The number of anilines is 1. The predicted octanol–water partition coefficient (Wildman–Crippen LogP) is 1.93. The van der Waals surface area contributed by atoms with Crippen molar-refractivity contribution in [2.45, 2.75) is 18.4 Å². The van der Waals surface area contributed by atoms with E-state index in [2.05, 4.69) is 35.6 Å². The van der Waals surface area contributed by atoms with E-state index in [0.29, 0.717) is 16.7 Å². The average Bonchev–Trinajstić information content (AvgIpc) is 2.81. The first-order chi connectivity index (χ1) is 8.53. The highest BCUT2D eigenvalue weighted by molar-refractivity contribution is 9.10. The Bertz CT molecular complexity index is 653. The van der Waals surface area contributed by atoms with Gasteiger partial charge in [0.2, 0.25) is 0 Å². The van der Waals surface area contributed by atoms with Gasteiger partial charge in [0, 0.05) is 12.6 Å². The molecule has 2 aromatic rings. The van der Waals surface area contributed by atoms with Gasteiger partial charge in [0.05, 0.1) is 10.7 Å². The second-order valence-electron chi connectivity index (χ2n) is 3.49. The molecule has 0 aliphatic carbocycles. The largest absolute Gasteiger partial charge is 0.332 e. The molecule has 0 atom stereocenters. The Kier molecular flexibility index (Phi) is 3.67. The molecule has 0 saturated heterocycles. The Morgan fingerprint density at radius 2 is 2.22 bits per heavy atom. The summed E-state index contributed by atoms with van der Waals surface area (Å²) in [5.74, 6) is 0.862. The third-order valence-corrected chi connectivity index (χ3v) is 4.11. The van der Waals surface area contributed by atoms with E-state index >= 15 is 0 Å². The summed E-state index contributed by atoms with van der Waals surface area (Å²) >= 11 is 3.23. The maximum absolute atomic E-state index is 12.0. The summed E-state index contributed by atoms with van der Waals surface area (Å²) in [6.07, 6.45) is 3.44. The SMILES string of the molecule is CCc1ncc(S(=O)(=O)Nc2ncccc2Br)[nH]1. The molecule has 0 aliphatic rings. The number of sulfonamides is 1. The Morgan fingerprint density at radius 3 is 2.83 bits per heavy atom. The molecule has 96 valence electrons. The smallest absolute Gasteiger partial charge is 0.280 e. The third kappa shape index (κ3) is 2.70. The molecule has 2 aromatic heterocycles. The number of hydrogen-bond acceptors (Lipinski definition) is 4. The Morgan fingerprint density at radius 1 is 1.44 bits per heavy atom. The molecule has 0 radical (unpaired) electrons. The maximum atomic E-state index is 12.0. The van der Waals surface area contributed by atoms with Crippen molar-refractivity contribution >= 4 is 31.8 Å². The molecule has 0 spiro atoms. The maximum Gasteiger partial charge on any atom is 0.280 e. The number of imidazole rings is 1. The van der Waals surface area contributed by atoms with Crippen molar-refractivity contribution in [2.24, 2.45) is 0 Å². The van der Waals surface area contributed by atoms with Crippen molar-refractivity contribution < 1.29 is 8.42 Å². The first-order valence-corrected chi connectivity index (χ1v) is 7.48. The van der Waals surface area contributed by atoms with Crippen molar-refractivity contribution in [3.05, 3.63) is 34.8 Å². The van der Waals surface area contributed by atoms with Crippen LogP contribution in [0.5, 0.6) is 0 Å². The molecule has 0 saturated carbocycles. The van der Waals surface area contributed by atoms with Crippen LogP contribution < -0.4 is 4.72 Å². The number of H-pyrrole nitrogens is 1. The highest BCUT2D eigenvalue weighted by Gasteiger charge is 2.18. The summed E-state index contributed by atoms with van der Waals surface area (Å²) < 4.78 is 27.0. The minimum absolute atomic E-state index is 0.0249. The van der Waals surface area contributed by atoms with E-state index in [0.717, 1.165) is 0 Å². The number of rotatable bonds is 4. The van der Waals surface area contributed by atoms with Gasteiger partial charge in [0.15, 0.2) is 10.8 Å². The zero-order chi connectivity index (χ0) is 13.2. The Hall–Kier alpha value is -1.41. The van der Waals surface area contributed by atoms with Gasteiger partial charge in [0.1, 0.15) is 5.82 Å². The molecule has 0 amide bonds. The van der Waals surface area contributed by atoms with Gasteiger partial charge < -0.3 is 4.98 Å². The van der Waals surface area contributed by atoms with Crippen LogP contribution in [0.3, 0.4) is 0 Å². The topological polar surface area (TPSA) is 87.7 Å². The summed E-state index contributed by atoms with van der Waals surface area (Å²) in [5.41, 5.74) is 0. The van der Waals surface area contributed by atoms with Gasteiger partial charge in [-0.05, 0) is 28.1 Å². The van der Waals surface area contributed by atoms with E-state index in [1.54, 1.807) is 12.1 Å². The molecule has 2 N–H and O–H groups in total. The van der Waals surface area contributed by atoms with Gasteiger partial charge in [-0.25, -0.2) is 9.97 Å². The first kappa shape index (κ1) is 13.0. The highest BCUT2D eigenvalue weighted by Crippen LogP contribution is 2.21. The number of halogens is 1. The van der Waals surface area contributed by atoms with E-state index < -0.39 is 10.0 Å². The van der Waals surface area contributed by atoms with E-state index in [4.69, 9.17) is 0 Å². The zero-order valence-electron chi connectivity index (χ0n) is 9.51. The molecule has 0 aromatic carbocycles. The second kappa shape index (κ2) is 5.07. The Balaban J connectivity index is 2.30. The van der Waals surface area contributed by atoms with E-state index in [9.17, 15) is 8.42 Å². The van der Waals surface area contributed by atoms with Crippen LogP contribution in [0.2, 0.25) is 0 Å². The molecule has 0 aliphatic heterocycles. The second-order valence-corrected chi connectivity index (χ2v) is 5.99. The van der Waals surface area contributed by atoms with E-state index in [1.165, 1.54) is 12.4 Å². The summed E-state index contributed by atoms with van der Waals surface area (Å²) in [7, 11) is -3.69. The van der Waals surface area contributed by atoms with Crippen LogP contribution in [0.4, 0.5) is 5.82 Å². The molecule has 2 heterocycles. The van der Waals surface area contributed by atoms with Gasteiger partial charge in [-0.1, -0.05) is 6.92 Å². The van der Waals surface area contributed by atoms with Crippen LogP contribution in [-0.2, 0) is 16.4 Å². The molecule has 18 heavy (non-hydrogen) atoms. The fourth-order valence-electron chi connectivity index (χ4n) is 1.30. The van der Waals surface area contributed by atoms with Gasteiger partial charge in [-0.2, -0.15) is 8.42 Å². The third-order valence-electron chi connectivity index (χ3n) is 2.22. The normalized spacial score (nSPS) is 11.4. The number of nitrogens with zero attached hydrogens (tertiary/aromatic N) is 2. The van der Waals surface area contributed by atoms with Gasteiger partial charge in [0.25, 0.3) is 10.0 Å². The lowest BCUT2D eigenvalue weighted by molar-refractivity contribution is 0.597. The van der Waals surface area contributed by atoms with Gasteiger partial charge in [-0.3, -0.25) is 4.72 Å². The number of aromatic nitrogens is 3. The van der Waals surface area contributed by atoms with Crippen LogP contribution in [-0.4, -0.2) is 23.4 Å². The molecular weight excluding hydrogens is 320 g/mol. The van der Waals surface area contributed by atoms with Crippen LogP contribution in [0.1, 0.15) is 12.7 Å². The van der Waals surface area contributed by atoms with Crippen molar-refractivity contribution in [1.29, 1.82) is 0 Å². The van der Waals surface area contributed by atoms with E-state index in [-0.39, 0.29) is 10.8 Å². The number of pyridine rings is 1. The Labute approximate surface area is 113 Å². The molecule has 0 fully saturated rings. The number of hydrogen-bond donors (Lipinski definition) is 2.